The summed E-state index contributed by atoms with van der Waals surface area (Å²) >= 11 is 0. The summed E-state index contributed by atoms with van der Waals surface area (Å²) in [6, 6.07) is 11.2. The highest BCUT2D eigenvalue weighted by Gasteiger charge is 2.08. The summed E-state index contributed by atoms with van der Waals surface area (Å²) in [6.07, 6.45) is 1.68. The number of amides is 1. The van der Waals surface area contributed by atoms with E-state index in [0.29, 0.717) is 11.3 Å². The average molecular weight is 281 g/mol. The van der Waals surface area contributed by atoms with Crippen LogP contribution in [-0.2, 0) is 0 Å². The first-order valence-corrected chi connectivity index (χ1v) is 6.21. The summed E-state index contributed by atoms with van der Waals surface area (Å²) in [7, 11) is 0. The van der Waals surface area contributed by atoms with E-state index in [-0.39, 0.29) is 11.5 Å². The first-order chi connectivity index (χ1) is 10.1. The van der Waals surface area contributed by atoms with Crippen molar-refractivity contribution < 1.29 is 14.7 Å². The first-order valence-electron chi connectivity index (χ1n) is 6.21. The Morgan fingerprint density at radius 3 is 2.48 bits per heavy atom. The van der Waals surface area contributed by atoms with E-state index in [1.54, 1.807) is 36.5 Å². The number of carbonyl (C=O) groups is 2. The Hall–Kier alpha value is -3.15. The molecule has 6 nitrogen and oxygen atoms in total. The van der Waals surface area contributed by atoms with E-state index in [4.69, 9.17) is 5.11 Å². The Morgan fingerprint density at radius 2 is 1.76 bits per heavy atom. The number of aromatic carboxylic acids is 1. The normalized spacial score (nSPS) is 10.5. The Labute approximate surface area is 119 Å². The number of hydrogen-bond donors (Lipinski definition) is 3. The number of nitrogens with one attached hydrogen (secondary N) is 2. The van der Waals surface area contributed by atoms with Gasteiger partial charge in [0.25, 0.3) is 5.91 Å². The summed E-state index contributed by atoms with van der Waals surface area (Å²) in [5.74, 6) is -1.27. The molecular formula is C15H11N3O3. The molecule has 0 fully saturated rings. The molecule has 0 spiro atoms. The van der Waals surface area contributed by atoms with Gasteiger partial charge in [-0.1, -0.05) is 6.07 Å². The maximum atomic E-state index is 12.1. The number of benzene rings is 2. The molecule has 0 aliphatic carbocycles. The molecule has 3 rings (SSSR count). The van der Waals surface area contributed by atoms with Gasteiger partial charge >= 0.3 is 5.97 Å². The number of carboxylic acid groups (broad SMARTS) is 1. The molecule has 6 heteroatoms. The minimum absolute atomic E-state index is 0.173. The lowest BCUT2D eigenvalue weighted by atomic mass is 10.1. The molecule has 3 aromatic rings. The minimum atomic E-state index is -1.00. The van der Waals surface area contributed by atoms with Crippen molar-refractivity contribution in [2.24, 2.45) is 0 Å². The number of H-pyrrole nitrogens is 1. The van der Waals surface area contributed by atoms with Gasteiger partial charge in [-0.25, -0.2) is 4.79 Å². The second-order valence-electron chi connectivity index (χ2n) is 4.51. The zero-order chi connectivity index (χ0) is 14.8. The van der Waals surface area contributed by atoms with Crippen LogP contribution in [0, 0.1) is 0 Å². The standard InChI is InChI=1S/C15H11N3O3/c19-14(10-1-2-11-8-16-18-13(11)7-10)17-12-5-3-9(4-6-12)15(20)21/h1-8H,(H,16,18)(H,17,19)(H,20,21). The lowest BCUT2D eigenvalue weighted by Crippen LogP contribution is -2.11. The molecule has 1 heterocycles. The Bertz CT molecular complexity index is 822. The number of carboxylic acids is 1. The van der Waals surface area contributed by atoms with Crippen LogP contribution in [0.25, 0.3) is 10.9 Å². The minimum Gasteiger partial charge on any atom is -0.478 e. The smallest absolute Gasteiger partial charge is 0.335 e. The van der Waals surface area contributed by atoms with Crippen LogP contribution in [0.3, 0.4) is 0 Å². The topological polar surface area (TPSA) is 95.1 Å². The van der Waals surface area contributed by atoms with Gasteiger partial charge in [-0.3, -0.25) is 9.89 Å². The molecule has 0 unspecified atom stereocenters. The van der Waals surface area contributed by atoms with Crippen LogP contribution < -0.4 is 5.32 Å². The molecular weight excluding hydrogens is 270 g/mol. The van der Waals surface area contributed by atoms with E-state index < -0.39 is 5.97 Å². The molecule has 0 radical (unpaired) electrons. The summed E-state index contributed by atoms with van der Waals surface area (Å²) in [5.41, 5.74) is 1.99. The number of aromatic nitrogens is 2. The van der Waals surface area contributed by atoms with Crippen molar-refractivity contribution in [3.8, 4) is 0 Å². The quantitative estimate of drug-likeness (QED) is 0.687. The Kier molecular flexibility index (Phi) is 3.12. The number of hydrogen-bond acceptors (Lipinski definition) is 3. The van der Waals surface area contributed by atoms with Crippen LogP contribution in [0.1, 0.15) is 20.7 Å². The zero-order valence-electron chi connectivity index (χ0n) is 10.8. The molecule has 0 aliphatic heterocycles. The molecule has 0 atom stereocenters. The van der Waals surface area contributed by atoms with Gasteiger partial charge in [-0.2, -0.15) is 5.10 Å². The largest absolute Gasteiger partial charge is 0.478 e. The predicted octanol–water partition coefficient (Wildman–Crippen LogP) is 2.51. The number of rotatable bonds is 3. The average Bonchev–Trinajstić information content (AvgIpc) is 2.95. The number of anilines is 1. The van der Waals surface area contributed by atoms with Crippen molar-refractivity contribution in [3.05, 3.63) is 59.8 Å². The van der Waals surface area contributed by atoms with Gasteiger partial charge in [0.05, 0.1) is 17.3 Å². The highest BCUT2D eigenvalue weighted by Crippen LogP contribution is 2.15. The number of carbonyl (C=O) groups excluding carboxylic acids is 1. The van der Waals surface area contributed by atoms with Gasteiger partial charge < -0.3 is 10.4 Å². The third-order valence-corrected chi connectivity index (χ3v) is 3.09. The van der Waals surface area contributed by atoms with E-state index in [9.17, 15) is 9.59 Å². The van der Waals surface area contributed by atoms with Crippen molar-refractivity contribution in [2.75, 3.05) is 5.32 Å². The van der Waals surface area contributed by atoms with Crippen molar-refractivity contribution in [2.45, 2.75) is 0 Å². The number of nitrogens with zero attached hydrogens (tertiary/aromatic N) is 1. The van der Waals surface area contributed by atoms with E-state index in [2.05, 4.69) is 15.5 Å². The van der Waals surface area contributed by atoms with E-state index in [0.717, 1.165) is 10.9 Å². The summed E-state index contributed by atoms with van der Waals surface area (Å²) in [6.45, 7) is 0. The maximum Gasteiger partial charge on any atom is 0.335 e. The molecule has 0 bridgehead atoms. The van der Waals surface area contributed by atoms with Crippen LogP contribution in [0.5, 0.6) is 0 Å². The number of aromatic amines is 1. The molecule has 21 heavy (non-hydrogen) atoms. The summed E-state index contributed by atoms with van der Waals surface area (Å²) in [5, 5.41) is 19.2. The summed E-state index contributed by atoms with van der Waals surface area (Å²) < 4.78 is 0. The molecule has 3 N–H and O–H groups in total. The van der Waals surface area contributed by atoms with E-state index >= 15 is 0 Å². The van der Waals surface area contributed by atoms with Crippen molar-refractivity contribution in [1.82, 2.24) is 10.2 Å². The van der Waals surface area contributed by atoms with E-state index in [1.807, 2.05) is 0 Å². The van der Waals surface area contributed by atoms with Crippen LogP contribution in [0.15, 0.2) is 48.7 Å². The molecule has 1 aromatic heterocycles. The highest BCUT2D eigenvalue weighted by molar-refractivity contribution is 6.06. The molecule has 1 amide bonds. The van der Waals surface area contributed by atoms with Gasteiger partial charge in [0.15, 0.2) is 0 Å². The predicted molar refractivity (Wildman–Crippen MR) is 77.4 cm³/mol. The molecule has 0 saturated heterocycles. The van der Waals surface area contributed by atoms with Gasteiger partial charge in [0.1, 0.15) is 0 Å². The van der Waals surface area contributed by atoms with Gasteiger partial charge in [0, 0.05) is 16.6 Å². The summed E-state index contributed by atoms with van der Waals surface area (Å²) in [4.78, 5) is 22.9. The van der Waals surface area contributed by atoms with Crippen LogP contribution in [-0.4, -0.2) is 27.2 Å². The highest BCUT2D eigenvalue weighted by atomic mass is 16.4. The van der Waals surface area contributed by atoms with Gasteiger partial charge in [-0.05, 0) is 36.4 Å². The molecule has 0 saturated carbocycles. The maximum absolute atomic E-state index is 12.1. The second kappa shape index (κ2) is 5.09. The van der Waals surface area contributed by atoms with Crippen molar-refractivity contribution in [3.63, 3.8) is 0 Å². The Morgan fingerprint density at radius 1 is 1.05 bits per heavy atom. The van der Waals surface area contributed by atoms with Crippen molar-refractivity contribution >= 4 is 28.5 Å². The number of fused-ring (bicyclic) bond motifs is 1. The van der Waals surface area contributed by atoms with Crippen molar-refractivity contribution in [1.29, 1.82) is 0 Å². The molecule has 0 aliphatic rings. The fraction of sp³-hybridized carbons (Fsp3) is 0. The van der Waals surface area contributed by atoms with Crippen LogP contribution >= 0.6 is 0 Å². The lowest BCUT2D eigenvalue weighted by molar-refractivity contribution is 0.0696. The SMILES string of the molecule is O=C(O)c1ccc(NC(=O)c2ccc3cn[nH]c3c2)cc1. The lowest BCUT2D eigenvalue weighted by Gasteiger charge is -2.05. The Balaban J connectivity index is 1.80. The third-order valence-electron chi connectivity index (χ3n) is 3.09. The van der Waals surface area contributed by atoms with Gasteiger partial charge in [0.2, 0.25) is 0 Å². The zero-order valence-corrected chi connectivity index (χ0v) is 10.8. The molecule has 2 aromatic carbocycles. The van der Waals surface area contributed by atoms with E-state index in [1.165, 1.54) is 12.1 Å². The monoisotopic (exact) mass is 281 g/mol. The first kappa shape index (κ1) is 12.9. The fourth-order valence-electron chi connectivity index (χ4n) is 1.98. The molecule has 104 valence electrons. The second-order valence-corrected chi connectivity index (χ2v) is 4.51. The van der Waals surface area contributed by atoms with Gasteiger partial charge in [-0.15, -0.1) is 0 Å². The van der Waals surface area contributed by atoms with Crippen LogP contribution in [0.4, 0.5) is 5.69 Å². The van der Waals surface area contributed by atoms with Crippen LogP contribution in [0.2, 0.25) is 0 Å². The third kappa shape index (κ3) is 2.59. The fourth-order valence-corrected chi connectivity index (χ4v) is 1.98.